The van der Waals surface area contributed by atoms with E-state index in [4.69, 9.17) is 9.47 Å². The minimum absolute atomic E-state index is 0.325. The molecule has 5 nitrogen and oxygen atoms in total. The van der Waals surface area contributed by atoms with Crippen LogP contribution >= 0.6 is 0 Å². The first-order valence-electron chi connectivity index (χ1n) is 9.52. The third-order valence-corrected chi connectivity index (χ3v) is 5.16. The highest BCUT2D eigenvalue weighted by Crippen LogP contribution is 2.35. The van der Waals surface area contributed by atoms with Gasteiger partial charge in [-0.15, -0.1) is 0 Å². The van der Waals surface area contributed by atoms with E-state index in [1.54, 1.807) is 56.7 Å². The van der Waals surface area contributed by atoms with Gasteiger partial charge in [0.2, 0.25) is 0 Å². The number of carbonyl (C=O) groups excluding carboxylic acids is 2. The molecule has 2 amide bonds. The van der Waals surface area contributed by atoms with Crippen LogP contribution in [0.3, 0.4) is 0 Å². The zero-order valence-corrected chi connectivity index (χ0v) is 17.0. The Morgan fingerprint density at radius 2 is 1.43 bits per heavy atom. The summed E-state index contributed by atoms with van der Waals surface area (Å²) in [6.07, 6.45) is 1.78. The molecule has 0 fully saturated rings. The molecule has 150 valence electrons. The van der Waals surface area contributed by atoms with Crippen molar-refractivity contribution in [2.24, 2.45) is 0 Å². The largest absolute Gasteiger partial charge is 0.493 e. The molecule has 0 saturated carbocycles. The Balaban J connectivity index is 1.90. The number of methoxy groups -OCH3 is 2. The Labute approximate surface area is 175 Å². The Morgan fingerprint density at radius 3 is 2.13 bits per heavy atom. The number of hydrogen-bond acceptors (Lipinski definition) is 4. The van der Waals surface area contributed by atoms with Crippen LogP contribution < -0.4 is 14.4 Å². The number of carbonyl (C=O) groups is 2. The van der Waals surface area contributed by atoms with Gasteiger partial charge in [0.15, 0.2) is 11.5 Å². The van der Waals surface area contributed by atoms with Crippen molar-refractivity contribution in [1.82, 2.24) is 0 Å². The maximum Gasteiger partial charge on any atom is 0.265 e. The highest BCUT2D eigenvalue weighted by Gasteiger charge is 2.36. The van der Waals surface area contributed by atoms with Gasteiger partial charge < -0.3 is 9.47 Å². The molecule has 30 heavy (non-hydrogen) atoms. The number of benzene rings is 3. The van der Waals surface area contributed by atoms with E-state index in [1.807, 2.05) is 37.3 Å². The second-order valence-electron chi connectivity index (χ2n) is 6.95. The summed E-state index contributed by atoms with van der Waals surface area (Å²) in [6, 6.07) is 20.0. The monoisotopic (exact) mass is 399 g/mol. The summed E-state index contributed by atoms with van der Waals surface area (Å²) >= 11 is 0. The van der Waals surface area contributed by atoms with E-state index < -0.39 is 0 Å². The first-order chi connectivity index (χ1) is 14.5. The molecule has 0 bridgehead atoms. The van der Waals surface area contributed by atoms with Gasteiger partial charge in [0.25, 0.3) is 11.8 Å². The Hall–Kier alpha value is -3.86. The predicted molar refractivity (Wildman–Crippen MR) is 117 cm³/mol. The summed E-state index contributed by atoms with van der Waals surface area (Å²) in [5.41, 5.74) is 3.76. The summed E-state index contributed by atoms with van der Waals surface area (Å²) in [5, 5.41) is 0. The average Bonchev–Trinajstić information content (AvgIpc) is 2.77. The van der Waals surface area contributed by atoms with Crippen LogP contribution in [0.1, 0.15) is 27.0 Å². The molecule has 5 heteroatoms. The van der Waals surface area contributed by atoms with E-state index >= 15 is 0 Å². The molecular formula is C25H21NO4. The van der Waals surface area contributed by atoms with E-state index in [9.17, 15) is 9.59 Å². The lowest BCUT2D eigenvalue weighted by atomic mass is 9.91. The number of anilines is 1. The first-order valence-corrected chi connectivity index (χ1v) is 9.52. The van der Waals surface area contributed by atoms with Gasteiger partial charge in [-0.3, -0.25) is 9.59 Å². The average molecular weight is 399 g/mol. The number of amides is 2. The Kier molecular flexibility index (Phi) is 5.11. The molecule has 0 aromatic heterocycles. The van der Waals surface area contributed by atoms with Gasteiger partial charge in [0, 0.05) is 11.1 Å². The van der Waals surface area contributed by atoms with E-state index in [0.29, 0.717) is 33.9 Å². The number of aryl methyl sites for hydroxylation is 1. The van der Waals surface area contributed by atoms with Gasteiger partial charge in [-0.2, -0.15) is 0 Å². The molecule has 0 unspecified atom stereocenters. The highest BCUT2D eigenvalue weighted by atomic mass is 16.5. The van der Waals surface area contributed by atoms with Crippen molar-refractivity contribution < 1.29 is 19.1 Å². The maximum absolute atomic E-state index is 13.5. The minimum Gasteiger partial charge on any atom is -0.493 e. The van der Waals surface area contributed by atoms with Crippen LogP contribution in [0.4, 0.5) is 5.69 Å². The summed E-state index contributed by atoms with van der Waals surface area (Å²) in [7, 11) is 3.14. The lowest BCUT2D eigenvalue weighted by Gasteiger charge is -2.29. The van der Waals surface area contributed by atoms with Crippen molar-refractivity contribution in [2.45, 2.75) is 6.92 Å². The van der Waals surface area contributed by atoms with Gasteiger partial charge in [0.05, 0.1) is 19.9 Å². The Bertz CT molecular complexity index is 1180. The summed E-state index contributed by atoms with van der Waals surface area (Å²) in [6.45, 7) is 1.88. The third-order valence-electron chi connectivity index (χ3n) is 5.16. The molecule has 0 spiro atoms. The summed E-state index contributed by atoms with van der Waals surface area (Å²) in [4.78, 5) is 28.0. The van der Waals surface area contributed by atoms with Crippen LogP contribution in [-0.4, -0.2) is 26.0 Å². The van der Waals surface area contributed by atoms with Crippen molar-refractivity contribution >= 4 is 29.2 Å². The van der Waals surface area contributed by atoms with Crippen molar-refractivity contribution in [1.29, 1.82) is 0 Å². The predicted octanol–water partition coefficient (Wildman–Crippen LogP) is 4.74. The molecule has 3 aromatic carbocycles. The third kappa shape index (κ3) is 3.24. The summed E-state index contributed by atoms with van der Waals surface area (Å²) in [5.74, 6) is 0.485. The van der Waals surface area contributed by atoms with E-state index in [2.05, 4.69) is 0 Å². The smallest absolute Gasteiger partial charge is 0.265 e. The molecule has 1 aliphatic rings. The molecular weight excluding hydrogens is 378 g/mol. The molecule has 1 aliphatic heterocycles. The van der Waals surface area contributed by atoms with Gasteiger partial charge in [-0.25, -0.2) is 4.90 Å². The number of nitrogens with zero attached hydrogens (tertiary/aromatic N) is 1. The molecule has 1 heterocycles. The van der Waals surface area contributed by atoms with Crippen LogP contribution in [0.15, 0.2) is 66.7 Å². The number of fused-ring (bicyclic) bond motifs is 1. The topological polar surface area (TPSA) is 55.8 Å². The molecule has 0 saturated heterocycles. The van der Waals surface area contributed by atoms with Gasteiger partial charge >= 0.3 is 0 Å². The van der Waals surface area contributed by atoms with Crippen LogP contribution in [0.2, 0.25) is 0 Å². The molecule has 0 N–H and O–H groups in total. The second-order valence-corrected chi connectivity index (χ2v) is 6.95. The maximum atomic E-state index is 13.5. The number of para-hydroxylation sites is 1. The van der Waals surface area contributed by atoms with E-state index in [1.165, 1.54) is 4.90 Å². The SMILES string of the molecule is COc1ccc(/C=C2\C(=O)N(c3ccccc3C)C(=O)c3ccccc32)cc1OC. The lowest BCUT2D eigenvalue weighted by Crippen LogP contribution is -2.42. The van der Waals surface area contributed by atoms with Crippen molar-refractivity contribution in [3.63, 3.8) is 0 Å². The zero-order valence-electron chi connectivity index (χ0n) is 17.0. The van der Waals surface area contributed by atoms with E-state index in [0.717, 1.165) is 11.1 Å². The standard InChI is InChI=1S/C25H21NO4/c1-16-8-4-7-11-21(16)26-24(27)19-10-6-5-9-18(19)20(25(26)28)14-17-12-13-22(29-2)23(15-17)30-3/h4-15H,1-3H3/b20-14-. The van der Waals surface area contributed by atoms with Crippen LogP contribution in [0.25, 0.3) is 11.6 Å². The normalized spacial score (nSPS) is 14.6. The van der Waals surface area contributed by atoms with Crippen LogP contribution in [0, 0.1) is 6.92 Å². The van der Waals surface area contributed by atoms with Crippen molar-refractivity contribution in [2.75, 3.05) is 19.1 Å². The van der Waals surface area contributed by atoms with Gasteiger partial charge in [-0.05, 0) is 54.0 Å². The number of imide groups is 1. The molecule has 0 atom stereocenters. The van der Waals surface area contributed by atoms with E-state index in [-0.39, 0.29) is 11.8 Å². The summed E-state index contributed by atoms with van der Waals surface area (Å²) < 4.78 is 10.7. The fraction of sp³-hybridized carbons (Fsp3) is 0.120. The molecule has 0 radical (unpaired) electrons. The highest BCUT2D eigenvalue weighted by molar-refractivity contribution is 6.43. The quantitative estimate of drug-likeness (QED) is 0.470. The van der Waals surface area contributed by atoms with Gasteiger partial charge in [-0.1, -0.05) is 42.5 Å². The Morgan fingerprint density at radius 1 is 0.767 bits per heavy atom. The number of rotatable bonds is 4. The number of hydrogen-bond donors (Lipinski definition) is 0. The number of ether oxygens (including phenoxy) is 2. The molecule has 4 rings (SSSR count). The fourth-order valence-electron chi connectivity index (χ4n) is 3.63. The van der Waals surface area contributed by atoms with Gasteiger partial charge in [0.1, 0.15) is 0 Å². The van der Waals surface area contributed by atoms with Crippen LogP contribution in [-0.2, 0) is 4.79 Å². The fourth-order valence-corrected chi connectivity index (χ4v) is 3.63. The molecule has 3 aromatic rings. The lowest BCUT2D eigenvalue weighted by molar-refractivity contribution is -0.112. The second kappa shape index (κ2) is 7.87. The van der Waals surface area contributed by atoms with Crippen LogP contribution in [0.5, 0.6) is 11.5 Å². The zero-order chi connectivity index (χ0) is 21.3. The van der Waals surface area contributed by atoms with Crippen molar-refractivity contribution in [3.05, 3.63) is 89.0 Å². The first kappa shape index (κ1) is 19.5. The minimum atomic E-state index is -0.359. The molecule has 0 aliphatic carbocycles. The van der Waals surface area contributed by atoms with Crippen molar-refractivity contribution in [3.8, 4) is 11.5 Å².